The zero-order chi connectivity index (χ0) is 14.6. The van der Waals surface area contributed by atoms with Gasteiger partial charge in [0.2, 0.25) is 0 Å². The largest absolute Gasteiger partial charge is 0.573 e. The number of rotatable bonds is 5. The molecule has 0 spiro atoms. The van der Waals surface area contributed by atoms with Crippen LogP contribution in [0, 0.1) is 5.92 Å². The third-order valence-electron chi connectivity index (χ3n) is 3.46. The number of halogens is 4. The highest BCUT2D eigenvalue weighted by Crippen LogP contribution is 2.29. The van der Waals surface area contributed by atoms with E-state index in [-0.39, 0.29) is 11.1 Å². The van der Waals surface area contributed by atoms with E-state index in [2.05, 4.69) is 10.1 Å². The van der Waals surface area contributed by atoms with Gasteiger partial charge < -0.3 is 10.1 Å². The summed E-state index contributed by atoms with van der Waals surface area (Å²) in [5, 5.41) is 3.54. The molecule has 6 heteroatoms. The Bertz CT molecular complexity index is 421. The molecule has 1 fully saturated rings. The average Bonchev–Trinajstić information content (AvgIpc) is 2.76. The molecule has 0 saturated heterocycles. The SMILES string of the molecule is FC(F)(F)Oc1ccc(CNCC2CCCC2Cl)cc1. The molecular formula is C14H17ClF3NO. The zero-order valence-corrected chi connectivity index (χ0v) is 11.7. The van der Waals surface area contributed by atoms with Gasteiger partial charge in [0.1, 0.15) is 5.75 Å². The van der Waals surface area contributed by atoms with Crippen LogP contribution in [0.1, 0.15) is 24.8 Å². The molecule has 1 aliphatic carbocycles. The van der Waals surface area contributed by atoms with Crippen molar-refractivity contribution in [1.82, 2.24) is 5.32 Å². The van der Waals surface area contributed by atoms with Crippen LogP contribution in [0.25, 0.3) is 0 Å². The maximum atomic E-state index is 12.0. The Hall–Kier alpha value is -0.940. The van der Waals surface area contributed by atoms with E-state index >= 15 is 0 Å². The van der Waals surface area contributed by atoms with Crippen LogP contribution in [0.2, 0.25) is 0 Å². The van der Waals surface area contributed by atoms with Crippen LogP contribution in [0.5, 0.6) is 5.75 Å². The average molecular weight is 308 g/mol. The van der Waals surface area contributed by atoms with Gasteiger partial charge in [-0.25, -0.2) is 0 Å². The number of benzene rings is 1. The van der Waals surface area contributed by atoms with E-state index in [9.17, 15) is 13.2 Å². The molecule has 0 heterocycles. The lowest BCUT2D eigenvalue weighted by Crippen LogP contribution is -2.25. The summed E-state index contributed by atoms with van der Waals surface area (Å²) in [4.78, 5) is 0. The van der Waals surface area contributed by atoms with Gasteiger partial charge in [0.15, 0.2) is 0 Å². The third kappa shape index (κ3) is 4.87. The van der Waals surface area contributed by atoms with Crippen LogP contribution in [0.4, 0.5) is 13.2 Å². The summed E-state index contributed by atoms with van der Waals surface area (Å²) in [5.41, 5.74) is 0.920. The first kappa shape index (κ1) is 15.4. The lowest BCUT2D eigenvalue weighted by Gasteiger charge is -2.14. The van der Waals surface area contributed by atoms with Crippen LogP contribution in [-0.4, -0.2) is 18.3 Å². The van der Waals surface area contributed by atoms with E-state index in [0.717, 1.165) is 24.9 Å². The molecule has 1 aliphatic rings. The molecule has 112 valence electrons. The highest BCUT2D eigenvalue weighted by molar-refractivity contribution is 6.20. The second-order valence-corrected chi connectivity index (χ2v) is 5.59. The number of hydrogen-bond acceptors (Lipinski definition) is 2. The first-order chi connectivity index (χ1) is 9.44. The summed E-state index contributed by atoms with van der Waals surface area (Å²) < 4.78 is 39.8. The highest BCUT2D eigenvalue weighted by Gasteiger charge is 2.31. The molecular weight excluding hydrogens is 291 g/mol. The van der Waals surface area contributed by atoms with Crippen LogP contribution in [0.15, 0.2) is 24.3 Å². The molecule has 20 heavy (non-hydrogen) atoms. The fourth-order valence-electron chi connectivity index (χ4n) is 2.43. The van der Waals surface area contributed by atoms with E-state index in [1.807, 2.05) is 0 Å². The smallest absolute Gasteiger partial charge is 0.406 e. The quantitative estimate of drug-likeness (QED) is 0.828. The fourth-order valence-corrected chi connectivity index (χ4v) is 2.80. The number of alkyl halides is 4. The maximum absolute atomic E-state index is 12.0. The Labute approximate surface area is 121 Å². The summed E-state index contributed by atoms with van der Waals surface area (Å²) in [5.74, 6) is 0.294. The molecule has 2 atom stereocenters. The molecule has 2 rings (SSSR count). The van der Waals surface area contributed by atoms with Crippen molar-refractivity contribution in [3.8, 4) is 5.75 Å². The van der Waals surface area contributed by atoms with Crippen LogP contribution in [0.3, 0.4) is 0 Å². The number of ether oxygens (including phenoxy) is 1. The van der Waals surface area contributed by atoms with Crippen molar-refractivity contribution < 1.29 is 17.9 Å². The molecule has 1 saturated carbocycles. The van der Waals surface area contributed by atoms with Gasteiger partial charge >= 0.3 is 6.36 Å². The number of nitrogens with one attached hydrogen (secondary N) is 1. The van der Waals surface area contributed by atoms with E-state index in [1.165, 1.54) is 18.6 Å². The summed E-state index contributed by atoms with van der Waals surface area (Å²) in [6, 6.07) is 5.90. The van der Waals surface area contributed by atoms with Crippen molar-refractivity contribution in [2.24, 2.45) is 5.92 Å². The van der Waals surface area contributed by atoms with E-state index in [1.54, 1.807) is 12.1 Å². The Morgan fingerprint density at radius 3 is 2.45 bits per heavy atom. The van der Waals surface area contributed by atoms with Gasteiger partial charge in [-0.2, -0.15) is 0 Å². The minimum Gasteiger partial charge on any atom is -0.406 e. The van der Waals surface area contributed by atoms with Crippen LogP contribution >= 0.6 is 11.6 Å². The molecule has 1 aromatic carbocycles. The second kappa shape index (κ2) is 6.68. The summed E-state index contributed by atoms with van der Waals surface area (Å²) >= 11 is 6.18. The van der Waals surface area contributed by atoms with Gasteiger partial charge in [-0.3, -0.25) is 0 Å². The third-order valence-corrected chi connectivity index (χ3v) is 4.03. The highest BCUT2D eigenvalue weighted by atomic mass is 35.5. The van der Waals surface area contributed by atoms with Crippen LogP contribution < -0.4 is 10.1 Å². The normalized spacial score (nSPS) is 23.0. The molecule has 0 aromatic heterocycles. The van der Waals surface area contributed by atoms with Crippen molar-refractivity contribution in [2.45, 2.75) is 37.5 Å². The lowest BCUT2D eigenvalue weighted by molar-refractivity contribution is -0.274. The zero-order valence-electron chi connectivity index (χ0n) is 10.9. The first-order valence-corrected chi connectivity index (χ1v) is 7.07. The molecule has 0 bridgehead atoms. The van der Waals surface area contributed by atoms with Crippen molar-refractivity contribution in [3.63, 3.8) is 0 Å². The predicted octanol–water partition coefficient (Wildman–Crippen LogP) is 4.08. The Balaban J connectivity index is 1.76. The van der Waals surface area contributed by atoms with E-state index in [0.29, 0.717) is 12.5 Å². The minimum absolute atomic E-state index is 0.196. The summed E-state index contributed by atoms with van der Waals surface area (Å²) in [6.07, 6.45) is -1.27. The molecule has 0 radical (unpaired) electrons. The van der Waals surface area contributed by atoms with E-state index < -0.39 is 6.36 Å². The summed E-state index contributed by atoms with van der Waals surface area (Å²) in [6.45, 7) is 1.46. The molecule has 0 amide bonds. The Morgan fingerprint density at radius 2 is 1.90 bits per heavy atom. The second-order valence-electron chi connectivity index (χ2n) is 5.03. The van der Waals surface area contributed by atoms with Gasteiger partial charge in [0.25, 0.3) is 0 Å². The van der Waals surface area contributed by atoms with Gasteiger partial charge in [-0.1, -0.05) is 18.6 Å². The van der Waals surface area contributed by atoms with E-state index in [4.69, 9.17) is 11.6 Å². The van der Waals surface area contributed by atoms with Crippen molar-refractivity contribution in [1.29, 1.82) is 0 Å². The van der Waals surface area contributed by atoms with Gasteiger partial charge in [-0.05, 0) is 43.0 Å². The summed E-state index contributed by atoms with van der Waals surface area (Å²) in [7, 11) is 0. The maximum Gasteiger partial charge on any atom is 0.573 e. The van der Waals surface area contributed by atoms with Crippen molar-refractivity contribution in [2.75, 3.05) is 6.54 Å². The standard InChI is InChI=1S/C14H17ClF3NO/c15-13-3-1-2-11(13)9-19-8-10-4-6-12(7-5-10)20-14(16,17)18/h4-7,11,13,19H,1-3,8-9H2. The molecule has 0 aliphatic heterocycles. The fraction of sp³-hybridized carbons (Fsp3) is 0.571. The molecule has 1 N–H and O–H groups in total. The van der Waals surface area contributed by atoms with Gasteiger partial charge in [0.05, 0.1) is 0 Å². The lowest BCUT2D eigenvalue weighted by atomic mass is 10.1. The monoisotopic (exact) mass is 307 g/mol. The van der Waals surface area contributed by atoms with Gasteiger partial charge in [0, 0.05) is 11.9 Å². The van der Waals surface area contributed by atoms with Crippen molar-refractivity contribution >= 4 is 11.6 Å². The van der Waals surface area contributed by atoms with Gasteiger partial charge in [-0.15, -0.1) is 24.8 Å². The Kier molecular flexibility index (Phi) is 5.16. The topological polar surface area (TPSA) is 21.3 Å². The van der Waals surface area contributed by atoms with Crippen LogP contribution in [-0.2, 0) is 6.54 Å². The molecule has 2 nitrogen and oxygen atoms in total. The Morgan fingerprint density at radius 1 is 1.20 bits per heavy atom. The number of hydrogen-bond donors (Lipinski definition) is 1. The minimum atomic E-state index is -4.64. The molecule has 1 aromatic rings. The molecule has 2 unspecified atom stereocenters. The predicted molar refractivity (Wildman–Crippen MR) is 71.8 cm³/mol. The van der Waals surface area contributed by atoms with Crippen molar-refractivity contribution in [3.05, 3.63) is 29.8 Å². The first-order valence-electron chi connectivity index (χ1n) is 6.63.